The maximum Gasteiger partial charge on any atom is 0.322 e. The first kappa shape index (κ1) is 23.3. The van der Waals surface area contributed by atoms with E-state index in [1.165, 1.54) is 19.2 Å². The smallest absolute Gasteiger partial charge is 0.322 e. The van der Waals surface area contributed by atoms with Gasteiger partial charge >= 0.3 is 5.97 Å². The molecule has 31 heavy (non-hydrogen) atoms. The summed E-state index contributed by atoms with van der Waals surface area (Å²) in [5, 5.41) is 12.9. The molecule has 2 N–H and O–H groups in total. The molecular weight excluding hydrogens is 440 g/mol. The highest BCUT2D eigenvalue weighted by atomic mass is 35.5. The molecule has 0 spiro atoms. The van der Waals surface area contributed by atoms with Gasteiger partial charge in [0.25, 0.3) is 0 Å². The molecule has 1 aromatic heterocycles. The molecule has 10 heteroatoms. The van der Waals surface area contributed by atoms with Crippen molar-refractivity contribution in [3.8, 4) is 0 Å². The van der Waals surface area contributed by atoms with Crippen LogP contribution in [0, 0.1) is 12.8 Å². The van der Waals surface area contributed by atoms with Crippen LogP contribution in [0.15, 0.2) is 29.3 Å². The van der Waals surface area contributed by atoms with E-state index in [2.05, 4.69) is 10.3 Å². The number of carbonyl (C=O) groups is 1. The molecule has 0 unspecified atom stereocenters. The maximum atomic E-state index is 13.1. The van der Waals surface area contributed by atoms with Gasteiger partial charge in [0, 0.05) is 12.1 Å². The van der Waals surface area contributed by atoms with Crippen LogP contribution in [-0.2, 0) is 27.9 Å². The normalized spacial score (nSPS) is 14.5. The van der Waals surface area contributed by atoms with Crippen LogP contribution in [0.3, 0.4) is 0 Å². The number of sulfonamides is 1. The molecule has 0 radical (unpaired) electrons. The van der Waals surface area contributed by atoms with Gasteiger partial charge in [-0.05, 0) is 49.2 Å². The van der Waals surface area contributed by atoms with E-state index in [1.807, 2.05) is 37.6 Å². The van der Waals surface area contributed by atoms with Crippen molar-refractivity contribution in [1.82, 2.24) is 19.2 Å². The van der Waals surface area contributed by atoms with E-state index in [9.17, 15) is 18.3 Å². The fraction of sp³-hybridized carbons (Fsp3) is 0.429. The Balaban J connectivity index is 1.89. The van der Waals surface area contributed by atoms with E-state index >= 15 is 0 Å². The average molecular weight is 467 g/mol. The number of halogens is 1. The molecule has 1 aliphatic heterocycles. The second kappa shape index (κ2) is 9.02. The third-order valence-electron chi connectivity index (χ3n) is 5.35. The van der Waals surface area contributed by atoms with E-state index < -0.39 is 22.0 Å². The summed E-state index contributed by atoms with van der Waals surface area (Å²) in [6.07, 6.45) is 4.02. The lowest BCUT2D eigenvalue weighted by molar-refractivity contribution is -0.141. The summed E-state index contributed by atoms with van der Waals surface area (Å²) in [7, 11) is -2.73. The molecule has 2 heterocycles. The molecular formula is C21H27ClN4O4S. The number of hydrogen-bond acceptors (Lipinski definition) is 5. The van der Waals surface area contributed by atoms with Crippen molar-refractivity contribution >= 4 is 33.7 Å². The first-order valence-electron chi connectivity index (χ1n) is 9.97. The van der Waals surface area contributed by atoms with Crippen molar-refractivity contribution < 1.29 is 18.3 Å². The lowest BCUT2D eigenvalue weighted by atomic mass is 10.0. The second-order valence-electron chi connectivity index (χ2n) is 8.05. The Morgan fingerprint density at radius 1 is 1.39 bits per heavy atom. The molecule has 0 aliphatic carbocycles. The van der Waals surface area contributed by atoms with Gasteiger partial charge in [0.05, 0.1) is 29.4 Å². The minimum atomic E-state index is -4.02. The molecule has 0 fully saturated rings. The van der Waals surface area contributed by atoms with Crippen LogP contribution in [0.2, 0.25) is 5.02 Å². The third kappa shape index (κ3) is 4.78. The van der Waals surface area contributed by atoms with Gasteiger partial charge in [-0.25, -0.2) is 13.4 Å². The molecule has 0 saturated heterocycles. The van der Waals surface area contributed by atoms with Crippen molar-refractivity contribution in [2.75, 3.05) is 7.05 Å². The molecule has 1 aliphatic rings. The minimum absolute atomic E-state index is 0.0262. The molecule has 1 atom stereocenters. The molecule has 2 aromatic rings. The summed E-state index contributed by atoms with van der Waals surface area (Å²) in [5.41, 5.74) is 2.68. The molecule has 0 bridgehead atoms. The van der Waals surface area contributed by atoms with Gasteiger partial charge in [-0.1, -0.05) is 31.5 Å². The Labute approximate surface area is 187 Å². The van der Waals surface area contributed by atoms with Gasteiger partial charge in [0.2, 0.25) is 10.0 Å². The van der Waals surface area contributed by atoms with E-state index in [0.29, 0.717) is 18.1 Å². The van der Waals surface area contributed by atoms with Crippen molar-refractivity contribution in [1.29, 1.82) is 0 Å². The lowest BCUT2D eigenvalue weighted by Crippen LogP contribution is -2.43. The quantitative estimate of drug-likeness (QED) is 0.619. The number of nitrogens with one attached hydrogen (secondary N) is 1. The Morgan fingerprint density at radius 3 is 2.71 bits per heavy atom. The van der Waals surface area contributed by atoms with Crippen LogP contribution in [0.4, 0.5) is 0 Å². The highest BCUT2D eigenvalue weighted by molar-refractivity contribution is 7.89. The summed E-state index contributed by atoms with van der Waals surface area (Å²) in [5.74, 6) is -0.312. The van der Waals surface area contributed by atoms with Gasteiger partial charge in [-0.2, -0.15) is 4.31 Å². The number of likely N-dealkylation sites (N-methyl/N-ethyl adjacent to an activating group) is 1. The number of aryl methyl sites for hydroxylation is 1. The Hall–Kier alpha value is -2.36. The van der Waals surface area contributed by atoms with Crippen molar-refractivity contribution in [3.63, 3.8) is 0 Å². The third-order valence-corrected chi connectivity index (χ3v) is 7.57. The Bertz CT molecular complexity index is 1120. The van der Waals surface area contributed by atoms with Crippen LogP contribution in [0.1, 0.15) is 43.0 Å². The van der Waals surface area contributed by atoms with Gasteiger partial charge in [0.1, 0.15) is 11.9 Å². The van der Waals surface area contributed by atoms with E-state index in [0.717, 1.165) is 27.1 Å². The zero-order valence-electron chi connectivity index (χ0n) is 18.0. The number of carboxylic acids is 1. The average Bonchev–Trinajstić information content (AvgIpc) is 3.01. The second-order valence-corrected chi connectivity index (χ2v) is 10.5. The largest absolute Gasteiger partial charge is 0.480 e. The fourth-order valence-corrected chi connectivity index (χ4v) is 5.28. The predicted molar refractivity (Wildman–Crippen MR) is 119 cm³/mol. The molecule has 168 valence electrons. The maximum absolute atomic E-state index is 13.1. The molecule has 0 saturated carbocycles. The Morgan fingerprint density at radius 2 is 2.10 bits per heavy atom. The van der Waals surface area contributed by atoms with Gasteiger partial charge in [0.15, 0.2) is 0 Å². The fourth-order valence-electron chi connectivity index (χ4n) is 3.62. The standard InChI is InChI=1S/C21H27ClN4O4S/c1-13(2)9-20(21(27)28)25(4)31(29,30)16-6-5-15(17(22)10-16)12-26-14(3)24-18-11-23-8-7-19(18)26/h5-8,10,13,20,23H,9,11-12H2,1-4H3,(H,27,28)/t20-/m0/s1. The van der Waals surface area contributed by atoms with Crippen LogP contribution in [0.25, 0.3) is 6.08 Å². The first-order valence-corrected chi connectivity index (χ1v) is 11.8. The number of rotatable bonds is 8. The van der Waals surface area contributed by atoms with Gasteiger partial charge < -0.3 is 15.0 Å². The van der Waals surface area contributed by atoms with E-state index in [-0.39, 0.29) is 17.2 Å². The molecule has 8 nitrogen and oxygen atoms in total. The summed E-state index contributed by atoms with van der Waals surface area (Å²) in [4.78, 5) is 16.2. The van der Waals surface area contributed by atoms with Crippen molar-refractivity contribution in [2.24, 2.45) is 5.92 Å². The van der Waals surface area contributed by atoms with Gasteiger partial charge in [-0.15, -0.1) is 0 Å². The number of benzene rings is 1. The number of imidazole rings is 1. The SMILES string of the molecule is Cc1nc2c(n1Cc1ccc(S(=O)(=O)N(C)[C@@H](CC(C)C)C(=O)O)cc1Cl)C=CNC2. The topological polar surface area (TPSA) is 105 Å². The van der Waals surface area contributed by atoms with Crippen LogP contribution in [0.5, 0.6) is 0 Å². The zero-order valence-corrected chi connectivity index (χ0v) is 19.5. The van der Waals surface area contributed by atoms with Gasteiger partial charge in [-0.3, -0.25) is 4.79 Å². The number of fused-ring (bicyclic) bond motifs is 1. The zero-order chi connectivity index (χ0) is 22.9. The minimum Gasteiger partial charge on any atom is -0.480 e. The van der Waals surface area contributed by atoms with Crippen LogP contribution < -0.4 is 5.32 Å². The monoisotopic (exact) mass is 466 g/mol. The Kier molecular flexibility index (Phi) is 6.78. The number of nitrogens with zero attached hydrogens (tertiary/aromatic N) is 3. The van der Waals surface area contributed by atoms with Crippen LogP contribution >= 0.6 is 11.6 Å². The van der Waals surface area contributed by atoms with Crippen LogP contribution in [-0.4, -0.2) is 46.4 Å². The molecule has 1 aromatic carbocycles. The van der Waals surface area contributed by atoms with E-state index in [1.54, 1.807) is 6.07 Å². The summed E-state index contributed by atoms with van der Waals surface area (Å²) >= 11 is 6.46. The highest BCUT2D eigenvalue weighted by Gasteiger charge is 2.33. The number of aliphatic carboxylic acids is 1. The number of hydrogen-bond donors (Lipinski definition) is 2. The van der Waals surface area contributed by atoms with E-state index in [4.69, 9.17) is 11.6 Å². The highest BCUT2D eigenvalue weighted by Crippen LogP contribution is 2.27. The van der Waals surface area contributed by atoms with Crippen molar-refractivity contribution in [2.45, 2.75) is 51.2 Å². The number of carboxylic acid groups (broad SMARTS) is 1. The first-order chi connectivity index (χ1) is 14.5. The number of aromatic nitrogens is 2. The summed E-state index contributed by atoms with van der Waals surface area (Å²) in [6, 6.07) is 3.37. The van der Waals surface area contributed by atoms with Crippen molar-refractivity contribution in [3.05, 3.63) is 52.2 Å². The molecule has 0 amide bonds. The summed E-state index contributed by atoms with van der Waals surface area (Å²) < 4.78 is 29.1. The lowest BCUT2D eigenvalue weighted by Gasteiger charge is -2.25. The molecule has 3 rings (SSSR count). The predicted octanol–water partition coefficient (Wildman–Crippen LogP) is 3.09. The summed E-state index contributed by atoms with van der Waals surface area (Å²) in [6.45, 7) is 6.71.